The van der Waals surface area contributed by atoms with E-state index >= 15 is 0 Å². The minimum absolute atomic E-state index is 0.293. The van der Waals surface area contributed by atoms with Gasteiger partial charge in [0.25, 0.3) is 0 Å². The van der Waals surface area contributed by atoms with Gasteiger partial charge in [-0.1, -0.05) is 35.0 Å². The average Bonchev–Trinajstić information content (AvgIpc) is 2.42. The molecule has 0 saturated carbocycles. The zero-order valence-corrected chi connectivity index (χ0v) is 13.7. The summed E-state index contributed by atoms with van der Waals surface area (Å²) in [5.74, 6) is 0.872. The normalized spacial score (nSPS) is 12.4. The lowest BCUT2D eigenvalue weighted by Crippen LogP contribution is -2.19. The van der Waals surface area contributed by atoms with E-state index in [1.54, 1.807) is 0 Å². The molecule has 1 N–H and O–H groups in total. The van der Waals surface area contributed by atoms with E-state index in [2.05, 4.69) is 64.1 Å². The molecule has 1 unspecified atom stereocenters. The van der Waals surface area contributed by atoms with E-state index in [0.29, 0.717) is 6.04 Å². The molecular formula is C16H20BrN3. The van der Waals surface area contributed by atoms with Gasteiger partial charge in [-0.15, -0.1) is 0 Å². The topological polar surface area (TPSA) is 37.8 Å². The Balaban J connectivity index is 2.14. The van der Waals surface area contributed by atoms with Gasteiger partial charge in [-0.25, -0.2) is 9.97 Å². The van der Waals surface area contributed by atoms with Crippen molar-refractivity contribution in [3.05, 3.63) is 57.6 Å². The number of aryl methyl sites for hydroxylation is 1. The van der Waals surface area contributed by atoms with E-state index in [0.717, 1.165) is 29.0 Å². The molecule has 0 bridgehead atoms. The van der Waals surface area contributed by atoms with Crippen molar-refractivity contribution in [3.8, 4) is 0 Å². The van der Waals surface area contributed by atoms with Crippen molar-refractivity contribution in [2.45, 2.75) is 33.2 Å². The molecule has 0 aliphatic carbocycles. The summed E-state index contributed by atoms with van der Waals surface area (Å²) in [6, 6.07) is 8.57. The lowest BCUT2D eigenvalue weighted by molar-refractivity contribution is 0.588. The number of benzene rings is 1. The first kappa shape index (κ1) is 15.1. The van der Waals surface area contributed by atoms with E-state index in [4.69, 9.17) is 0 Å². The number of nitrogens with zero attached hydrogens (tertiary/aromatic N) is 2. The van der Waals surface area contributed by atoms with Crippen LogP contribution in [0.15, 0.2) is 34.9 Å². The fourth-order valence-corrected chi connectivity index (χ4v) is 2.50. The maximum absolute atomic E-state index is 4.63. The van der Waals surface area contributed by atoms with Crippen LogP contribution in [0, 0.1) is 6.92 Å². The quantitative estimate of drug-likeness (QED) is 0.904. The molecule has 20 heavy (non-hydrogen) atoms. The van der Waals surface area contributed by atoms with Crippen molar-refractivity contribution in [1.82, 2.24) is 15.3 Å². The molecule has 106 valence electrons. The van der Waals surface area contributed by atoms with Crippen LogP contribution in [0.2, 0.25) is 0 Å². The summed E-state index contributed by atoms with van der Waals surface area (Å²) >= 11 is 3.44. The first-order chi connectivity index (χ1) is 9.60. The standard InChI is InChI=1S/C16H20BrN3/c1-4-18-11(2)15-10-19-16(20-12(15)3)9-13-5-7-14(17)8-6-13/h5-8,10-11,18H,4,9H2,1-3H3. The van der Waals surface area contributed by atoms with Crippen LogP contribution in [0.1, 0.15) is 42.5 Å². The van der Waals surface area contributed by atoms with Gasteiger partial charge in [0.05, 0.1) is 0 Å². The molecule has 0 aliphatic heterocycles. The zero-order valence-electron chi connectivity index (χ0n) is 12.2. The Labute approximate surface area is 129 Å². The summed E-state index contributed by atoms with van der Waals surface area (Å²) in [6.45, 7) is 7.25. The highest BCUT2D eigenvalue weighted by Gasteiger charge is 2.10. The third kappa shape index (κ3) is 3.87. The van der Waals surface area contributed by atoms with Crippen LogP contribution in [0.5, 0.6) is 0 Å². The van der Waals surface area contributed by atoms with E-state index < -0.39 is 0 Å². The SMILES string of the molecule is CCNC(C)c1cnc(Cc2ccc(Br)cc2)nc1C. The Kier molecular flexibility index (Phi) is 5.26. The lowest BCUT2D eigenvalue weighted by Gasteiger charge is -2.15. The number of nitrogens with one attached hydrogen (secondary N) is 1. The minimum atomic E-state index is 0.293. The number of halogens is 1. The Morgan fingerprint density at radius 2 is 1.95 bits per heavy atom. The van der Waals surface area contributed by atoms with Gasteiger partial charge < -0.3 is 5.32 Å². The van der Waals surface area contributed by atoms with Gasteiger partial charge in [0.1, 0.15) is 5.82 Å². The second kappa shape index (κ2) is 6.95. The summed E-state index contributed by atoms with van der Waals surface area (Å²) < 4.78 is 1.09. The van der Waals surface area contributed by atoms with Crippen LogP contribution in [0.25, 0.3) is 0 Å². The maximum atomic E-state index is 4.63. The van der Waals surface area contributed by atoms with E-state index in [9.17, 15) is 0 Å². The summed E-state index contributed by atoms with van der Waals surface area (Å²) in [7, 11) is 0. The van der Waals surface area contributed by atoms with Crippen LogP contribution in [-0.4, -0.2) is 16.5 Å². The predicted octanol–water partition coefficient (Wildman–Crippen LogP) is 3.81. The Morgan fingerprint density at radius 3 is 2.55 bits per heavy atom. The number of aromatic nitrogens is 2. The Morgan fingerprint density at radius 1 is 1.25 bits per heavy atom. The molecule has 2 aromatic rings. The first-order valence-electron chi connectivity index (χ1n) is 6.90. The van der Waals surface area contributed by atoms with Gasteiger partial charge in [0.15, 0.2) is 0 Å². The molecule has 0 aliphatic rings. The largest absolute Gasteiger partial charge is 0.310 e. The molecule has 4 heteroatoms. The second-order valence-electron chi connectivity index (χ2n) is 4.91. The van der Waals surface area contributed by atoms with Crippen molar-refractivity contribution >= 4 is 15.9 Å². The summed E-state index contributed by atoms with van der Waals surface area (Å²) in [4.78, 5) is 9.13. The molecule has 0 amide bonds. The number of rotatable bonds is 5. The monoisotopic (exact) mass is 333 g/mol. The fraction of sp³-hybridized carbons (Fsp3) is 0.375. The average molecular weight is 334 g/mol. The molecule has 1 heterocycles. The van der Waals surface area contributed by atoms with Gasteiger partial charge >= 0.3 is 0 Å². The minimum Gasteiger partial charge on any atom is -0.310 e. The van der Waals surface area contributed by atoms with Crippen LogP contribution < -0.4 is 5.32 Å². The highest BCUT2D eigenvalue weighted by molar-refractivity contribution is 9.10. The van der Waals surface area contributed by atoms with Crippen LogP contribution >= 0.6 is 15.9 Å². The highest BCUT2D eigenvalue weighted by atomic mass is 79.9. The van der Waals surface area contributed by atoms with Crippen molar-refractivity contribution in [2.75, 3.05) is 6.54 Å². The summed E-state index contributed by atoms with van der Waals surface area (Å²) in [5.41, 5.74) is 3.45. The van der Waals surface area contributed by atoms with Crippen molar-refractivity contribution < 1.29 is 0 Å². The summed E-state index contributed by atoms with van der Waals surface area (Å²) in [6.07, 6.45) is 2.72. The highest BCUT2D eigenvalue weighted by Crippen LogP contribution is 2.16. The third-order valence-electron chi connectivity index (χ3n) is 3.32. The molecular weight excluding hydrogens is 314 g/mol. The smallest absolute Gasteiger partial charge is 0.132 e. The fourth-order valence-electron chi connectivity index (χ4n) is 2.24. The van der Waals surface area contributed by atoms with E-state index in [-0.39, 0.29) is 0 Å². The molecule has 0 fully saturated rings. The Bertz CT molecular complexity index is 566. The van der Waals surface area contributed by atoms with Gasteiger partial charge in [-0.2, -0.15) is 0 Å². The molecule has 0 radical (unpaired) electrons. The van der Waals surface area contributed by atoms with Crippen LogP contribution in [0.3, 0.4) is 0 Å². The molecule has 2 rings (SSSR count). The van der Waals surface area contributed by atoms with E-state index in [1.165, 1.54) is 11.1 Å². The van der Waals surface area contributed by atoms with Crippen molar-refractivity contribution in [2.24, 2.45) is 0 Å². The number of hydrogen-bond acceptors (Lipinski definition) is 3. The predicted molar refractivity (Wildman–Crippen MR) is 85.8 cm³/mol. The van der Waals surface area contributed by atoms with E-state index in [1.807, 2.05) is 18.3 Å². The second-order valence-corrected chi connectivity index (χ2v) is 5.83. The molecule has 0 saturated heterocycles. The van der Waals surface area contributed by atoms with Gasteiger partial charge in [0.2, 0.25) is 0 Å². The third-order valence-corrected chi connectivity index (χ3v) is 3.85. The molecule has 0 spiro atoms. The van der Waals surface area contributed by atoms with Crippen LogP contribution in [-0.2, 0) is 6.42 Å². The van der Waals surface area contributed by atoms with Crippen LogP contribution in [0.4, 0.5) is 0 Å². The molecule has 1 aromatic carbocycles. The van der Waals surface area contributed by atoms with Crippen molar-refractivity contribution in [1.29, 1.82) is 0 Å². The van der Waals surface area contributed by atoms with Crippen molar-refractivity contribution in [3.63, 3.8) is 0 Å². The number of hydrogen-bond donors (Lipinski definition) is 1. The maximum Gasteiger partial charge on any atom is 0.132 e. The first-order valence-corrected chi connectivity index (χ1v) is 7.69. The molecule has 3 nitrogen and oxygen atoms in total. The molecule has 1 atom stereocenters. The summed E-state index contributed by atoms with van der Waals surface area (Å²) in [5, 5.41) is 3.39. The Hall–Kier alpha value is -1.26. The molecule has 1 aromatic heterocycles. The zero-order chi connectivity index (χ0) is 14.5. The van der Waals surface area contributed by atoms with Gasteiger partial charge in [0, 0.05) is 34.4 Å². The lowest BCUT2D eigenvalue weighted by atomic mass is 10.1. The van der Waals surface area contributed by atoms with Gasteiger partial charge in [-0.05, 0) is 38.1 Å². The van der Waals surface area contributed by atoms with Gasteiger partial charge in [-0.3, -0.25) is 0 Å².